The summed E-state index contributed by atoms with van der Waals surface area (Å²) in [7, 11) is 0. The van der Waals surface area contributed by atoms with E-state index in [0.29, 0.717) is 12.3 Å². The van der Waals surface area contributed by atoms with Gasteiger partial charge in [0, 0.05) is 5.41 Å². The topological polar surface area (TPSA) is 52.6 Å². The average Bonchev–Trinajstić information content (AvgIpc) is 3.24. The van der Waals surface area contributed by atoms with Crippen LogP contribution in [-0.4, -0.2) is 25.2 Å². The first-order valence-electron chi connectivity index (χ1n) is 9.13. The van der Waals surface area contributed by atoms with Crippen molar-refractivity contribution < 1.29 is 19.1 Å². The predicted octanol–water partition coefficient (Wildman–Crippen LogP) is 4.20. The van der Waals surface area contributed by atoms with E-state index >= 15 is 0 Å². The Morgan fingerprint density at radius 3 is 2.33 bits per heavy atom. The maximum Gasteiger partial charge on any atom is 0.324 e. The third kappa shape index (κ3) is 3.03. The summed E-state index contributed by atoms with van der Waals surface area (Å²) >= 11 is 0. The number of esters is 2. The fraction of sp³-hybridized carbons (Fsp3) is 0.700. The summed E-state index contributed by atoms with van der Waals surface area (Å²) in [5, 5.41) is 0. The van der Waals surface area contributed by atoms with Gasteiger partial charge in [-0.1, -0.05) is 37.6 Å². The van der Waals surface area contributed by atoms with E-state index in [4.69, 9.17) is 9.47 Å². The minimum absolute atomic E-state index is 0.286. The monoisotopic (exact) mass is 334 g/mol. The summed E-state index contributed by atoms with van der Waals surface area (Å²) in [5.74, 6) is -0.451. The normalized spacial score (nSPS) is 27.3. The van der Waals surface area contributed by atoms with Crippen LogP contribution in [0.4, 0.5) is 0 Å². The molecule has 0 heterocycles. The molecule has 1 spiro atoms. The van der Waals surface area contributed by atoms with Crippen molar-refractivity contribution in [3.05, 3.63) is 24.8 Å². The molecule has 2 aliphatic carbocycles. The first-order valence-corrected chi connectivity index (χ1v) is 9.13. The highest BCUT2D eigenvalue weighted by atomic mass is 16.6. The molecule has 2 saturated carbocycles. The van der Waals surface area contributed by atoms with Crippen LogP contribution in [0.3, 0.4) is 0 Å². The molecule has 0 aliphatic heterocycles. The first-order chi connectivity index (χ1) is 11.5. The molecule has 0 radical (unpaired) electrons. The van der Waals surface area contributed by atoms with Crippen LogP contribution in [0.5, 0.6) is 0 Å². The fourth-order valence-corrected chi connectivity index (χ4v) is 4.56. The number of hydrogen-bond donors (Lipinski definition) is 0. The Morgan fingerprint density at radius 1 is 1.17 bits per heavy atom. The third-order valence-electron chi connectivity index (χ3n) is 5.86. The number of rotatable bonds is 8. The molecule has 0 saturated heterocycles. The molecule has 0 bridgehead atoms. The Kier molecular flexibility index (Phi) is 5.89. The zero-order valence-corrected chi connectivity index (χ0v) is 15.1. The minimum atomic E-state index is -1.08. The lowest BCUT2D eigenvalue weighted by atomic mass is 9.69. The van der Waals surface area contributed by atoms with Crippen molar-refractivity contribution in [2.24, 2.45) is 16.7 Å². The van der Waals surface area contributed by atoms with Crippen molar-refractivity contribution >= 4 is 11.9 Å². The van der Waals surface area contributed by atoms with Gasteiger partial charge in [-0.05, 0) is 51.9 Å². The van der Waals surface area contributed by atoms with Crippen LogP contribution < -0.4 is 0 Å². The third-order valence-corrected chi connectivity index (χ3v) is 5.86. The molecule has 0 amide bonds. The van der Waals surface area contributed by atoms with Crippen LogP contribution >= 0.6 is 0 Å². The van der Waals surface area contributed by atoms with Gasteiger partial charge >= 0.3 is 11.9 Å². The standard InChI is InChI=1S/C20H30O4/c1-5-15(4)11-12-16-10-8-9-13-19(16)14-20(19,17(21)23-6-2)18(22)24-7-3/h5,16H,1,4,6-14H2,2-3H3. The van der Waals surface area contributed by atoms with Gasteiger partial charge in [-0.25, -0.2) is 0 Å². The molecular formula is C20H30O4. The van der Waals surface area contributed by atoms with E-state index in [1.165, 1.54) is 0 Å². The van der Waals surface area contributed by atoms with Gasteiger partial charge in [0.05, 0.1) is 13.2 Å². The lowest BCUT2D eigenvalue weighted by molar-refractivity contribution is -0.168. The Morgan fingerprint density at radius 2 is 1.79 bits per heavy atom. The molecule has 24 heavy (non-hydrogen) atoms. The van der Waals surface area contributed by atoms with E-state index in [0.717, 1.165) is 44.1 Å². The Balaban J connectivity index is 2.26. The smallest absolute Gasteiger partial charge is 0.324 e. The highest BCUT2D eigenvalue weighted by molar-refractivity contribution is 6.05. The summed E-state index contributed by atoms with van der Waals surface area (Å²) in [6.07, 6.45) is 8.30. The highest BCUT2D eigenvalue weighted by Gasteiger charge is 2.80. The maximum atomic E-state index is 12.7. The van der Waals surface area contributed by atoms with Gasteiger partial charge in [0.15, 0.2) is 5.41 Å². The largest absolute Gasteiger partial charge is 0.465 e. The Bertz CT molecular complexity index is 504. The van der Waals surface area contributed by atoms with Crippen LogP contribution in [0.25, 0.3) is 0 Å². The van der Waals surface area contributed by atoms with Gasteiger partial charge in [0.25, 0.3) is 0 Å². The minimum Gasteiger partial charge on any atom is -0.465 e. The molecule has 4 nitrogen and oxygen atoms in total. The molecule has 2 fully saturated rings. The maximum absolute atomic E-state index is 12.7. The van der Waals surface area contributed by atoms with E-state index in [-0.39, 0.29) is 18.6 Å². The molecule has 2 rings (SSSR count). The van der Waals surface area contributed by atoms with Crippen LogP contribution in [0, 0.1) is 16.7 Å². The zero-order chi connectivity index (χ0) is 17.8. The van der Waals surface area contributed by atoms with E-state index in [2.05, 4.69) is 13.2 Å². The molecule has 0 aromatic rings. The number of allylic oxidation sites excluding steroid dienone is 2. The summed E-state index contributed by atoms with van der Waals surface area (Å²) < 4.78 is 10.6. The van der Waals surface area contributed by atoms with Crippen LogP contribution in [0.1, 0.15) is 58.8 Å². The van der Waals surface area contributed by atoms with Gasteiger partial charge in [-0.15, -0.1) is 0 Å². The second kappa shape index (κ2) is 7.54. The van der Waals surface area contributed by atoms with Gasteiger partial charge in [-0.2, -0.15) is 0 Å². The van der Waals surface area contributed by atoms with Crippen molar-refractivity contribution in [2.45, 2.75) is 58.8 Å². The molecule has 2 unspecified atom stereocenters. The Hall–Kier alpha value is -1.58. The predicted molar refractivity (Wildman–Crippen MR) is 93.3 cm³/mol. The van der Waals surface area contributed by atoms with Crippen molar-refractivity contribution in [3.8, 4) is 0 Å². The summed E-state index contributed by atoms with van der Waals surface area (Å²) in [5.41, 5.74) is -0.362. The van der Waals surface area contributed by atoms with Crippen molar-refractivity contribution in [2.75, 3.05) is 13.2 Å². The van der Waals surface area contributed by atoms with Crippen LogP contribution in [0.15, 0.2) is 24.8 Å². The summed E-state index contributed by atoms with van der Waals surface area (Å²) in [4.78, 5) is 25.4. The number of carbonyl (C=O) groups excluding carboxylic acids is 2. The zero-order valence-electron chi connectivity index (χ0n) is 15.1. The van der Waals surface area contributed by atoms with E-state index in [9.17, 15) is 9.59 Å². The van der Waals surface area contributed by atoms with Gasteiger partial charge < -0.3 is 9.47 Å². The van der Waals surface area contributed by atoms with E-state index < -0.39 is 17.4 Å². The first kappa shape index (κ1) is 18.8. The van der Waals surface area contributed by atoms with Gasteiger partial charge in [0.1, 0.15) is 0 Å². The fourth-order valence-electron chi connectivity index (χ4n) is 4.56. The molecule has 0 N–H and O–H groups in total. The quantitative estimate of drug-likeness (QED) is 0.379. The van der Waals surface area contributed by atoms with Gasteiger partial charge in [-0.3, -0.25) is 9.59 Å². The SMILES string of the molecule is C=CC(=C)CCC1CCCCC12CC2(C(=O)OCC)C(=O)OCC. The lowest BCUT2D eigenvalue weighted by Crippen LogP contribution is -2.39. The molecule has 2 atom stereocenters. The van der Waals surface area contributed by atoms with Crippen LogP contribution in [0.2, 0.25) is 0 Å². The molecule has 134 valence electrons. The second-order valence-electron chi connectivity index (χ2n) is 7.02. The molecule has 0 aromatic carbocycles. The molecule has 2 aliphatic rings. The number of carbonyl (C=O) groups is 2. The van der Waals surface area contributed by atoms with Crippen molar-refractivity contribution in [1.29, 1.82) is 0 Å². The average molecular weight is 334 g/mol. The van der Waals surface area contributed by atoms with Crippen molar-refractivity contribution in [1.82, 2.24) is 0 Å². The molecular weight excluding hydrogens is 304 g/mol. The van der Waals surface area contributed by atoms with Crippen LogP contribution in [-0.2, 0) is 19.1 Å². The lowest BCUT2D eigenvalue weighted by Gasteiger charge is -2.35. The number of hydrogen-bond acceptors (Lipinski definition) is 4. The summed E-state index contributed by atoms with van der Waals surface area (Å²) in [6.45, 7) is 11.9. The van der Waals surface area contributed by atoms with E-state index in [1.807, 2.05) is 0 Å². The number of ether oxygens (including phenoxy) is 2. The van der Waals surface area contributed by atoms with E-state index in [1.54, 1.807) is 19.9 Å². The molecule has 0 aromatic heterocycles. The van der Waals surface area contributed by atoms with Crippen molar-refractivity contribution in [3.63, 3.8) is 0 Å². The highest BCUT2D eigenvalue weighted by Crippen LogP contribution is 2.74. The summed E-state index contributed by atoms with van der Waals surface area (Å²) in [6, 6.07) is 0. The van der Waals surface area contributed by atoms with Gasteiger partial charge in [0.2, 0.25) is 0 Å². The second-order valence-corrected chi connectivity index (χ2v) is 7.02. The Labute approximate surface area is 145 Å². The molecule has 4 heteroatoms.